The van der Waals surface area contributed by atoms with Crippen molar-refractivity contribution in [3.8, 4) is 0 Å². The molecule has 0 heterocycles. The molecule has 0 bridgehead atoms. The van der Waals surface area contributed by atoms with Crippen molar-refractivity contribution in [2.75, 3.05) is 5.32 Å². The minimum atomic E-state index is -0.891. The summed E-state index contributed by atoms with van der Waals surface area (Å²) in [5.41, 5.74) is 3.32. The Balaban J connectivity index is 2.00. The summed E-state index contributed by atoms with van der Waals surface area (Å²) in [5.74, 6) is -1.93. The molecule has 2 nitrogen and oxygen atoms in total. The van der Waals surface area contributed by atoms with Crippen molar-refractivity contribution in [2.24, 2.45) is 0 Å². The largest absolute Gasteiger partial charge is 0.326 e. The highest BCUT2D eigenvalue weighted by Crippen LogP contribution is 2.25. The van der Waals surface area contributed by atoms with Crippen molar-refractivity contribution in [1.82, 2.24) is 0 Å². The Morgan fingerprint density at radius 3 is 2.32 bits per heavy atom. The van der Waals surface area contributed by atoms with Crippen LogP contribution in [0, 0.1) is 25.5 Å². The average molecular weight is 368 g/mol. The van der Waals surface area contributed by atoms with Crippen LogP contribution in [0.1, 0.15) is 23.1 Å². The van der Waals surface area contributed by atoms with Crippen LogP contribution >= 0.6 is 15.9 Å². The number of benzene rings is 2. The van der Waals surface area contributed by atoms with Gasteiger partial charge in [0, 0.05) is 16.6 Å². The third-order valence-corrected chi connectivity index (χ3v) is 3.84. The highest BCUT2D eigenvalue weighted by Gasteiger charge is 2.10. The van der Waals surface area contributed by atoms with Gasteiger partial charge in [0.25, 0.3) is 0 Å². The van der Waals surface area contributed by atoms with Gasteiger partial charge in [-0.25, -0.2) is 8.78 Å². The van der Waals surface area contributed by atoms with Crippen molar-refractivity contribution in [2.45, 2.75) is 26.7 Å². The predicted molar refractivity (Wildman–Crippen MR) is 86.9 cm³/mol. The van der Waals surface area contributed by atoms with Crippen molar-refractivity contribution >= 4 is 27.5 Å². The molecule has 0 radical (unpaired) electrons. The van der Waals surface area contributed by atoms with E-state index in [1.807, 2.05) is 26.0 Å². The molecule has 0 aliphatic carbocycles. The number of carbonyl (C=O) groups excluding carboxylic acids is 1. The van der Waals surface area contributed by atoms with Gasteiger partial charge in [-0.15, -0.1) is 0 Å². The number of nitrogens with one attached hydrogen (secondary N) is 1. The van der Waals surface area contributed by atoms with Crippen molar-refractivity contribution in [3.63, 3.8) is 0 Å². The Morgan fingerprint density at radius 2 is 1.73 bits per heavy atom. The molecule has 0 saturated carbocycles. The van der Waals surface area contributed by atoms with E-state index >= 15 is 0 Å². The lowest BCUT2D eigenvalue weighted by atomic mass is 10.1. The fourth-order valence-corrected chi connectivity index (χ4v) is 2.95. The molecule has 0 fully saturated rings. The Bertz CT molecular complexity index is 693. The highest BCUT2D eigenvalue weighted by molar-refractivity contribution is 9.10. The van der Waals surface area contributed by atoms with Gasteiger partial charge in [-0.3, -0.25) is 4.79 Å². The molecule has 1 N–H and O–H groups in total. The lowest BCUT2D eigenvalue weighted by Crippen LogP contribution is -2.14. The van der Waals surface area contributed by atoms with Gasteiger partial charge in [-0.05, 0) is 61.2 Å². The summed E-state index contributed by atoms with van der Waals surface area (Å²) in [5, 5.41) is 2.87. The van der Waals surface area contributed by atoms with Crippen LogP contribution in [0.25, 0.3) is 0 Å². The van der Waals surface area contributed by atoms with E-state index < -0.39 is 11.6 Å². The number of rotatable bonds is 4. The Kier molecular flexibility index (Phi) is 5.29. The zero-order valence-electron chi connectivity index (χ0n) is 12.3. The minimum Gasteiger partial charge on any atom is -0.326 e. The molecule has 116 valence electrons. The van der Waals surface area contributed by atoms with E-state index in [-0.39, 0.29) is 12.3 Å². The first-order valence-corrected chi connectivity index (χ1v) is 7.66. The van der Waals surface area contributed by atoms with Crippen molar-refractivity contribution in [1.29, 1.82) is 0 Å². The maximum absolute atomic E-state index is 13.1. The molecule has 22 heavy (non-hydrogen) atoms. The van der Waals surface area contributed by atoms with Gasteiger partial charge in [-0.2, -0.15) is 0 Å². The molecule has 5 heteroatoms. The summed E-state index contributed by atoms with van der Waals surface area (Å²) in [6, 6.07) is 7.54. The molecule has 1 amide bonds. The fourth-order valence-electron chi connectivity index (χ4n) is 2.26. The zero-order valence-corrected chi connectivity index (χ0v) is 13.9. The van der Waals surface area contributed by atoms with Crippen LogP contribution < -0.4 is 5.32 Å². The van der Waals surface area contributed by atoms with Gasteiger partial charge >= 0.3 is 0 Å². The van der Waals surface area contributed by atoms with Gasteiger partial charge < -0.3 is 5.32 Å². The Morgan fingerprint density at radius 1 is 1.09 bits per heavy atom. The standard InChI is InChI=1S/C17H16BrF2NO/c1-10-7-13(18)8-11(2)17(10)21-16(22)6-4-12-3-5-14(19)15(20)9-12/h3,5,7-9H,4,6H2,1-2H3,(H,21,22). The van der Waals surface area contributed by atoms with Gasteiger partial charge in [-0.1, -0.05) is 22.0 Å². The monoisotopic (exact) mass is 367 g/mol. The summed E-state index contributed by atoms with van der Waals surface area (Å²) in [6.45, 7) is 3.84. The first-order valence-electron chi connectivity index (χ1n) is 6.87. The van der Waals surface area contributed by atoms with Crippen LogP contribution in [0.5, 0.6) is 0 Å². The van der Waals surface area contributed by atoms with E-state index in [4.69, 9.17) is 0 Å². The second kappa shape index (κ2) is 7.01. The third kappa shape index (κ3) is 4.13. The summed E-state index contributed by atoms with van der Waals surface area (Å²) in [7, 11) is 0. The number of hydrogen-bond donors (Lipinski definition) is 1. The Labute approximate surface area is 136 Å². The normalized spacial score (nSPS) is 10.6. The van der Waals surface area contributed by atoms with E-state index in [0.29, 0.717) is 12.0 Å². The zero-order chi connectivity index (χ0) is 16.3. The number of halogens is 3. The van der Waals surface area contributed by atoms with Gasteiger partial charge in [0.15, 0.2) is 11.6 Å². The molecule has 0 atom stereocenters. The first kappa shape index (κ1) is 16.6. The molecule has 2 aromatic rings. The third-order valence-electron chi connectivity index (χ3n) is 3.39. The van der Waals surface area contributed by atoms with E-state index in [9.17, 15) is 13.6 Å². The molecule has 0 aromatic heterocycles. The number of anilines is 1. The Hall–Kier alpha value is -1.75. The molecule has 0 aliphatic rings. The minimum absolute atomic E-state index is 0.154. The lowest BCUT2D eigenvalue weighted by molar-refractivity contribution is -0.116. The van der Waals surface area contributed by atoms with Crippen LogP contribution in [-0.4, -0.2) is 5.91 Å². The van der Waals surface area contributed by atoms with E-state index in [1.165, 1.54) is 6.07 Å². The number of carbonyl (C=O) groups is 1. The van der Waals surface area contributed by atoms with Crippen molar-refractivity contribution < 1.29 is 13.6 Å². The molecule has 0 aliphatic heterocycles. The SMILES string of the molecule is Cc1cc(Br)cc(C)c1NC(=O)CCc1ccc(F)c(F)c1. The van der Waals surface area contributed by atoms with Crippen LogP contribution in [0.2, 0.25) is 0 Å². The quantitative estimate of drug-likeness (QED) is 0.816. The lowest BCUT2D eigenvalue weighted by Gasteiger charge is -2.12. The maximum atomic E-state index is 13.1. The van der Waals surface area contributed by atoms with Crippen LogP contribution in [-0.2, 0) is 11.2 Å². The molecule has 2 aromatic carbocycles. The predicted octanol–water partition coefficient (Wildman–Crippen LogP) is 4.92. The number of aryl methyl sites for hydroxylation is 3. The second-order valence-corrected chi connectivity index (χ2v) is 6.13. The van der Waals surface area contributed by atoms with Gasteiger partial charge in [0.2, 0.25) is 5.91 Å². The topological polar surface area (TPSA) is 29.1 Å². The molecule has 2 rings (SSSR count). The summed E-state index contributed by atoms with van der Waals surface area (Å²) in [4.78, 5) is 12.0. The average Bonchev–Trinajstić information content (AvgIpc) is 2.44. The first-order chi connectivity index (χ1) is 10.4. The molecule has 0 spiro atoms. The summed E-state index contributed by atoms with van der Waals surface area (Å²) < 4.78 is 26.9. The maximum Gasteiger partial charge on any atom is 0.224 e. The number of hydrogen-bond acceptors (Lipinski definition) is 1. The molecule has 0 saturated heterocycles. The smallest absolute Gasteiger partial charge is 0.224 e. The van der Waals surface area contributed by atoms with E-state index in [1.54, 1.807) is 0 Å². The van der Waals surface area contributed by atoms with Crippen molar-refractivity contribution in [3.05, 3.63) is 63.1 Å². The van der Waals surface area contributed by atoms with Crippen LogP contribution in [0.15, 0.2) is 34.8 Å². The van der Waals surface area contributed by atoms with E-state index in [0.717, 1.165) is 33.4 Å². The summed E-state index contributed by atoms with van der Waals surface area (Å²) in [6.07, 6.45) is 0.567. The highest BCUT2D eigenvalue weighted by atomic mass is 79.9. The fraction of sp³-hybridized carbons (Fsp3) is 0.235. The molecule has 0 unspecified atom stereocenters. The summed E-state index contributed by atoms with van der Waals surface area (Å²) >= 11 is 3.41. The second-order valence-electron chi connectivity index (χ2n) is 5.21. The van der Waals surface area contributed by atoms with Gasteiger partial charge in [0.05, 0.1) is 0 Å². The molecular formula is C17H16BrF2NO. The van der Waals surface area contributed by atoms with Crippen LogP contribution in [0.3, 0.4) is 0 Å². The number of amides is 1. The van der Waals surface area contributed by atoms with E-state index in [2.05, 4.69) is 21.2 Å². The molecular weight excluding hydrogens is 352 g/mol. The van der Waals surface area contributed by atoms with Gasteiger partial charge in [0.1, 0.15) is 0 Å². The van der Waals surface area contributed by atoms with Crippen LogP contribution in [0.4, 0.5) is 14.5 Å².